The summed E-state index contributed by atoms with van der Waals surface area (Å²) in [5.41, 5.74) is 1.49. The molecule has 0 N–H and O–H groups in total. The van der Waals surface area contributed by atoms with E-state index in [4.69, 9.17) is 4.74 Å². The van der Waals surface area contributed by atoms with Crippen molar-refractivity contribution >= 4 is 16.7 Å². The highest BCUT2D eigenvalue weighted by Crippen LogP contribution is 2.68. The van der Waals surface area contributed by atoms with Crippen LogP contribution in [0.2, 0.25) is 0 Å². The van der Waals surface area contributed by atoms with E-state index in [0.29, 0.717) is 23.7 Å². The van der Waals surface area contributed by atoms with Gasteiger partial charge in [-0.15, -0.1) is 0 Å². The number of fused-ring (bicyclic) bond motifs is 6. The summed E-state index contributed by atoms with van der Waals surface area (Å²) in [5, 5.41) is 5.58. The first-order valence-corrected chi connectivity index (χ1v) is 13.7. The summed E-state index contributed by atoms with van der Waals surface area (Å²) >= 11 is 0. The van der Waals surface area contributed by atoms with E-state index in [2.05, 4.69) is 23.9 Å². The van der Waals surface area contributed by atoms with E-state index in [1.807, 2.05) is 30.3 Å². The number of pyridine rings is 1. The highest BCUT2D eigenvalue weighted by atomic mass is 16.5. The molecule has 4 aliphatic carbocycles. The molecule has 5 heteroatoms. The van der Waals surface area contributed by atoms with Crippen molar-refractivity contribution < 1.29 is 9.53 Å². The molecule has 0 spiro atoms. The van der Waals surface area contributed by atoms with Crippen LogP contribution in [-0.2, 0) is 16.1 Å². The van der Waals surface area contributed by atoms with Crippen molar-refractivity contribution in [3.63, 3.8) is 0 Å². The van der Waals surface area contributed by atoms with Crippen LogP contribution in [0.5, 0.6) is 0 Å². The lowest BCUT2D eigenvalue weighted by Crippen LogP contribution is -2.56. The largest absolute Gasteiger partial charge is 0.384 e. The molecule has 4 aliphatic rings. The van der Waals surface area contributed by atoms with Crippen molar-refractivity contribution in [1.82, 2.24) is 14.8 Å². The molecule has 0 saturated heterocycles. The van der Waals surface area contributed by atoms with Crippen molar-refractivity contribution in [3.05, 3.63) is 24.7 Å². The number of rotatable bonds is 5. The smallest absolute Gasteiger partial charge is 0.157 e. The first-order valence-electron chi connectivity index (χ1n) is 13.7. The summed E-state index contributed by atoms with van der Waals surface area (Å²) in [6.45, 7) is 6.23. The van der Waals surface area contributed by atoms with Crippen LogP contribution in [-0.4, -0.2) is 34.3 Å². The SMILES string of the molecule is COCC12CCC(C)CC1CCC1C2CCC2(C)C1CC[C@@H]2C(=O)Cn1ncc2ccncc21. The van der Waals surface area contributed by atoms with E-state index in [1.165, 1.54) is 51.4 Å². The van der Waals surface area contributed by atoms with Gasteiger partial charge in [-0.05, 0) is 97.9 Å². The van der Waals surface area contributed by atoms with Crippen molar-refractivity contribution in [2.75, 3.05) is 13.7 Å². The number of hydrogen-bond donors (Lipinski definition) is 0. The van der Waals surface area contributed by atoms with Gasteiger partial charge in [0.2, 0.25) is 0 Å². The first-order chi connectivity index (χ1) is 16.5. The Hall–Kier alpha value is -1.75. The molecule has 0 aliphatic heterocycles. The number of ketones is 1. The Morgan fingerprint density at radius 3 is 2.85 bits per heavy atom. The first kappa shape index (κ1) is 22.7. The van der Waals surface area contributed by atoms with E-state index >= 15 is 0 Å². The molecule has 34 heavy (non-hydrogen) atoms. The van der Waals surface area contributed by atoms with Crippen LogP contribution in [0.15, 0.2) is 24.7 Å². The number of methoxy groups -OCH3 is 1. The Morgan fingerprint density at radius 1 is 1.12 bits per heavy atom. The summed E-state index contributed by atoms with van der Waals surface area (Å²) in [7, 11) is 1.92. The van der Waals surface area contributed by atoms with Gasteiger partial charge in [0.05, 0.1) is 24.5 Å². The highest BCUT2D eigenvalue weighted by molar-refractivity contribution is 5.84. The zero-order chi connectivity index (χ0) is 23.5. The van der Waals surface area contributed by atoms with Crippen LogP contribution in [0.1, 0.15) is 71.6 Å². The zero-order valence-electron chi connectivity index (χ0n) is 21.2. The van der Waals surface area contributed by atoms with Crippen molar-refractivity contribution in [1.29, 1.82) is 0 Å². The van der Waals surface area contributed by atoms with Gasteiger partial charge in [0.1, 0.15) is 6.54 Å². The fraction of sp³-hybridized carbons (Fsp3) is 0.759. The standard InChI is InChI=1S/C29H41N3O2/c1-19-8-12-29(18-34-3)21(14-19)4-5-22-23-6-7-25(28(23,2)11-9-24(22)29)27(33)17-32-26-16-30-13-10-20(26)15-31-32/h10,13,15-16,19,21-25H,4-9,11-12,14,17-18H2,1-3H3/t19?,21?,22?,23?,24?,25-,28?,29?/m1/s1. The van der Waals surface area contributed by atoms with E-state index in [1.54, 1.807) is 6.20 Å². The molecule has 4 saturated carbocycles. The minimum atomic E-state index is 0.141. The second-order valence-electron chi connectivity index (χ2n) is 12.6. The predicted molar refractivity (Wildman–Crippen MR) is 133 cm³/mol. The molecule has 0 amide bonds. The molecule has 6 rings (SSSR count). The number of ether oxygens (including phenoxy) is 1. The van der Waals surface area contributed by atoms with Crippen molar-refractivity contribution in [2.45, 2.75) is 78.2 Å². The highest BCUT2D eigenvalue weighted by Gasteiger charge is 2.62. The molecule has 2 heterocycles. The van der Waals surface area contributed by atoms with Crippen LogP contribution in [0.3, 0.4) is 0 Å². The number of carbonyl (C=O) groups is 1. The minimum absolute atomic E-state index is 0.141. The molecule has 7 unspecified atom stereocenters. The molecule has 184 valence electrons. The third-order valence-corrected chi connectivity index (χ3v) is 11.2. The fourth-order valence-corrected chi connectivity index (χ4v) is 9.64. The third kappa shape index (κ3) is 3.32. The van der Waals surface area contributed by atoms with E-state index in [-0.39, 0.29) is 11.3 Å². The van der Waals surface area contributed by atoms with E-state index in [9.17, 15) is 4.79 Å². The van der Waals surface area contributed by atoms with Gasteiger partial charge in [0.15, 0.2) is 5.78 Å². The van der Waals surface area contributed by atoms with Gasteiger partial charge in [0, 0.05) is 24.6 Å². The Bertz CT molecular complexity index is 1060. The van der Waals surface area contributed by atoms with Gasteiger partial charge in [-0.3, -0.25) is 14.5 Å². The van der Waals surface area contributed by atoms with E-state index < -0.39 is 0 Å². The second-order valence-corrected chi connectivity index (χ2v) is 12.6. The molecule has 0 aromatic carbocycles. The number of aromatic nitrogens is 3. The third-order valence-electron chi connectivity index (χ3n) is 11.2. The molecule has 4 fully saturated rings. The summed E-state index contributed by atoms with van der Waals surface area (Å²) in [4.78, 5) is 18.0. The number of Topliss-reactive ketones (excluding diaryl/α,β-unsaturated/α-hetero) is 1. The maximum Gasteiger partial charge on any atom is 0.157 e. The summed E-state index contributed by atoms with van der Waals surface area (Å²) in [5.74, 6) is 4.48. The number of nitrogens with zero attached hydrogens (tertiary/aromatic N) is 3. The zero-order valence-corrected chi connectivity index (χ0v) is 21.2. The molecule has 2 aromatic rings. The van der Waals surface area contributed by atoms with Gasteiger partial charge in [-0.2, -0.15) is 5.10 Å². The Balaban J connectivity index is 1.24. The number of carbonyl (C=O) groups excluding carboxylic acids is 1. The fourth-order valence-electron chi connectivity index (χ4n) is 9.64. The Morgan fingerprint density at radius 2 is 2.00 bits per heavy atom. The Labute approximate surface area is 204 Å². The topological polar surface area (TPSA) is 57.0 Å². The molecule has 5 nitrogen and oxygen atoms in total. The lowest BCUT2D eigenvalue weighted by atomic mass is 9.44. The maximum absolute atomic E-state index is 13.7. The normalized spacial score (nSPS) is 41.6. The molecule has 0 radical (unpaired) electrons. The second kappa shape index (κ2) is 8.43. The predicted octanol–water partition coefficient (Wildman–Crippen LogP) is 5.92. The molecular weight excluding hydrogens is 422 g/mol. The quantitative estimate of drug-likeness (QED) is 0.552. The Kier molecular flexibility index (Phi) is 5.63. The molecular formula is C29H41N3O2. The molecule has 8 atom stereocenters. The lowest BCUT2D eigenvalue weighted by molar-refractivity contribution is -0.154. The van der Waals surface area contributed by atoms with Gasteiger partial charge in [-0.25, -0.2) is 0 Å². The van der Waals surface area contributed by atoms with Crippen LogP contribution in [0.25, 0.3) is 10.9 Å². The average Bonchev–Trinajstić information content (AvgIpc) is 3.40. The lowest BCUT2D eigenvalue weighted by Gasteiger charge is -2.61. The van der Waals surface area contributed by atoms with Crippen LogP contribution in [0.4, 0.5) is 0 Å². The number of hydrogen-bond acceptors (Lipinski definition) is 4. The minimum Gasteiger partial charge on any atom is -0.384 e. The summed E-state index contributed by atoms with van der Waals surface area (Å²) in [6, 6.07) is 1.97. The van der Waals surface area contributed by atoms with Gasteiger partial charge in [0.25, 0.3) is 0 Å². The van der Waals surface area contributed by atoms with Crippen LogP contribution >= 0.6 is 0 Å². The van der Waals surface area contributed by atoms with E-state index in [0.717, 1.165) is 47.6 Å². The average molecular weight is 464 g/mol. The summed E-state index contributed by atoms with van der Waals surface area (Å²) < 4.78 is 7.82. The van der Waals surface area contributed by atoms with Crippen LogP contribution < -0.4 is 0 Å². The van der Waals surface area contributed by atoms with Gasteiger partial charge in [-0.1, -0.05) is 20.3 Å². The molecule has 0 bridgehead atoms. The van der Waals surface area contributed by atoms with Gasteiger partial charge >= 0.3 is 0 Å². The van der Waals surface area contributed by atoms with Crippen LogP contribution in [0, 0.1) is 46.3 Å². The molecule has 2 aromatic heterocycles. The maximum atomic E-state index is 13.7. The van der Waals surface area contributed by atoms with Gasteiger partial charge < -0.3 is 4.74 Å². The van der Waals surface area contributed by atoms with Crippen molar-refractivity contribution in [3.8, 4) is 0 Å². The van der Waals surface area contributed by atoms with Crippen molar-refractivity contribution in [2.24, 2.45) is 46.3 Å². The monoisotopic (exact) mass is 463 g/mol. The summed E-state index contributed by atoms with van der Waals surface area (Å²) in [6.07, 6.45) is 17.1.